The minimum atomic E-state index is -1.20. The Balaban J connectivity index is 3.43. The predicted molar refractivity (Wildman–Crippen MR) is 41.3 cm³/mol. The van der Waals surface area contributed by atoms with Crippen LogP contribution in [0.2, 0.25) is 25.2 Å². The Morgan fingerprint density at radius 2 is 1.33 bits per heavy atom. The van der Waals surface area contributed by atoms with E-state index in [0.29, 0.717) is 0 Å². The number of hydrogen-bond donors (Lipinski definition) is 2. The Hall–Kier alpha value is 0.137. The summed E-state index contributed by atoms with van der Waals surface area (Å²) in [6, 6.07) is 1.82. The summed E-state index contributed by atoms with van der Waals surface area (Å²) >= 11 is 0. The fourth-order valence-corrected chi connectivity index (χ4v) is 2.19. The van der Waals surface area contributed by atoms with Gasteiger partial charge in [-0.25, -0.2) is 0 Å². The molecule has 0 aliphatic heterocycles. The third-order valence-corrected chi connectivity index (χ3v) is 4.73. The third kappa shape index (κ3) is 4.63. The Bertz CT molecular complexity index is 65.5. The highest BCUT2D eigenvalue weighted by Crippen LogP contribution is 2.12. The van der Waals surface area contributed by atoms with Gasteiger partial charge in [0.15, 0.2) is 0 Å². The number of hydrogen-bond acceptors (Lipinski definition) is 2. The van der Waals surface area contributed by atoms with Gasteiger partial charge in [-0.05, 0) is 12.1 Å². The van der Waals surface area contributed by atoms with Crippen LogP contribution >= 0.6 is 0 Å². The quantitative estimate of drug-likeness (QED) is 0.576. The second kappa shape index (κ2) is 4.03. The van der Waals surface area contributed by atoms with Gasteiger partial charge in [0.1, 0.15) is 0 Å². The number of aliphatic hydroxyl groups excluding tert-OH is 2. The highest BCUT2D eigenvalue weighted by molar-refractivity contribution is 6.77. The highest BCUT2D eigenvalue weighted by atomic mass is 28.3. The van der Waals surface area contributed by atoms with Crippen LogP contribution in [-0.2, 0) is 0 Å². The van der Waals surface area contributed by atoms with Crippen LogP contribution in [0.15, 0.2) is 0 Å². The minimum Gasteiger partial charge on any atom is -0.397 e. The van der Waals surface area contributed by atoms with Crippen molar-refractivity contribution < 1.29 is 10.2 Å². The van der Waals surface area contributed by atoms with Crippen LogP contribution in [0.4, 0.5) is 0 Å². The fraction of sp³-hybridized carbons (Fsp3) is 1.00. The Morgan fingerprint density at radius 3 is 1.56 bits per heavy atom. The normalized spacial score (nSPS) is 12.0. The van der Waals surface area contributed by atoms with E-state index in [2.05, 4.69) is 13.1 Å². The van der Waals surface area contributed by atoms with Crippen molar-refractivity contribution in [2.75, 3.05) is 13.2 Å². The van der Waals surface area contributed by atoms with Crippen molar-refractivity contribution in [3.05, 3.63) is 0 Å². The molecule has 0 saturated carbocycles. The van der Waals surface area contributed by atoms with Gasteiger partial charge < -0.3 is 10.2 Å². The van der Waals surface area contributed by atoms with E-state index in [-0.39, 0.29) is 13.2 Å². The molecular formula is C6H16O2Si. The van der Waals surface area contributed by atoms with Crippen LogP contribution < -0.4 is 0 Å². The zero-order valence-electron chi connectivity index (χ0n) is 6.22. The minimum absolute atomic E-state index is 0.277. The average molecular weight is 148 g/mol. The van der Waals surface area contributed by atoms with Crippen molar-refractivity contribution in [3.8, 4) is 0 Å². The van der Waals surface area contributed by atoms with Gasteiger partial charge in [-0.2, -0.15) is 0 Å². The number of rotatable bonds is 4. The summed E-state index contributed by atoms with van der Waals surface area (Å²) in [4.78, 5) is 0. The largest absolute Gasteiger partial charge is 0.397 e. The maximum Gasteiger partial charge on any atom is 0.0519 e. The molecule has 9 heavy (non-hydrogen) atoms. The molecule has 0 atom stereocenters. The molecule has 2 N–H and O–H groups in total. The maximum absolute atomic E-state index is 8.58. The molecule has 0 radical (unpaired) electrons. The van der Waals surface area contributed by atoms with Crippen LogP contribution in [0.1, 0.15) is 0 Å². The third-order valence-electron chi connectivity index (χ3n) is 1.58. The molecule has 0 aliphatic carbocycles. The van der Waals surface area contributed by atoms with Crippen LogP contribution in [0.5, 0.6) is 0 Å². The first-order valence-corrected chi connectivity index (χ1v) is 6.75. The van der Waals surface area contributed by atoms with E-state index in [1.54, 1.807) is 0 Å². The SMILES string of the molecule is C[Si](C)(CCO)CCO. The molecule has 0 unspecified atom stereocenters. The lowest BCUT2D eigenvalue weighted by atomic mass is 10.8. The van der Waals surface area contributed by atoms with E-state index in [0.717, 1.165) is 12.1 Å². The molecule has 56 valence electrons. The first kappa shape index (κ1) is 9.14. The van der Waals surface area contributed by atoms with Crippen molar-refractivity contribution in [1.29, 1.82) is 0 Å². The summed E-state index contributed by atoms with van der Waals surface area (Å²) < 4.78 is 0. The summed E-state index contributed by atoms with van der Waals surface area (Å²) in [5.41, 5.74) is 0. The molecule has 0 bridgehead atoms. The van der Waals surface area contributed by atoms with Gasteiger partial charge >= 0.3 is 0 Å². The molecule has 0 fully saturated rings. The molecule has 0 amide bonds. The molecule has 2 nitrogen and oxygen atoms in total. The monoisotopic (exact) mass is 148 g/mol. The Labute approximate surface area is 57.5 Å². The van der Waals surface area contributed by atoms with Gasteiger partial charge in [0.2, 0.25) is 0 Å². The first-order chi connectivity index (χ1) is 4.12. The molecular weight excluding hydrogens is 132 g/mol. The molecule has 0 aromatic rings. The van der Waals surface area contributed by atoms with E-state index < -0.39 is 8.07 Å². The van der Waals surface area contributed by atoms with Gasteiger partial charge in [-0.1, -0.05) is 13.1 Å². The zero-order chi connectivity index (χ0) is 7.33. The van der Waals surface area contributed by atoms with E-state index in [4.69, 9.17) is 10.2 Å². The van der Waals surface area contributed by atoms with E-state index in [1.807, 2.05) is 0 Å². The zero-order valence-corrected chi connectivity index (χ0v) is 7.22. The maximum atomic E-state index is 8.58. The topological polar surface area (TPSA) is 40.5 Å². The van der Waals surface area contributed by atoms with Gasteiger partial charge in [0.05, 0.1) is 8.07 Å². The smallest absolute Gasteiger partial charge is 0.0519 e. The lowest BCUT2D eigenvalue weighted by molar-refractivity contribution is 0.308. The molecule has 0 aromatic heterocycles. The highest BCUT2D eigenvalue weighted by Gasteiger charge is 2.17. The molecule has 0 spiro atoms. The molecule has 0 aliphatic rings. The summed E-state index contributed by atoms with van der Waals surface area (Å²) in [7, 11) is -1.20. The van der Waals surface area contributed by atoms with Crippen molar-refractivity contribution >= 4 is 8.07 Å². The summed E-state index contributed by atoms with van der Waals surface area (Å²) in [5, 5.41) is 17.2. The molecule has 0 saturated heterocycles. The lowest BCUT2D eigenvalue weighted by Gasteiger charge is -2.18. The van der Waals surface area contributed by atoms with Crippen molar-refractivity contribution in [2.24, 2.45) is 0 Å². The summed E-state index contributed by atoms with van der Waals surface area (Å²) in [5.74, 6) is 0. The molecule has 0 heterocycles. The number of aliphatic hydroxyl groups is 2. The second-order valence-corrected chi connectivity index (χ2v) is 8.44. The van der Waals surface area contributed by atoms with Crippen LogP contribution in [0.25, 0.3) is 0 Å². The fourth-order valence-electron chi connectivity index (χ4n) is 0.730. The molecule has 0 rings (SSSR count). The summed E-state index contributed by atoms with van der Waals surface area (Å²) in [6.45, 7) is 4.91. The first-order valence-electron chi connectivity index (χ1n) is 3.34. The van der Waals surface area contributed by atoms with E-state index >= 15 is 0 Å². The summed E-state index contributed by atoms with van der Waals surface area (Å²) in [6.07, 6.45) is 0. The Kier molecular flexibility index (Phi) is 4.09. The van der Waals surface area contributed by atoms with Gasteiger partial charge in [0.25, 0.3) is 0 Å². The Morgan fingerprint density at radius 1 is 1.00 bits per heavy atom. The van der Waals surface area contributed by atoms with Gasteiger partial charge in [0, 0.05) is 13.2 Å². The van der Waals surface area contributed by atoms with Crippen LogP contribution in [0, 0.1) is 0 Å². The van der Waals surface area contributed by atoms with Crippen molar-refractivity contribution in [3.63, 3.8) is 0 Å². The van der Waals surface area contributed by atoms with E-state index in [9.17, 15) is 0 Å². The van der Waals surface area contributed by atoms with Crippen molar-refractivity contribution in [2.45, 2.75) is 25.2 Å². The standard InChI is InChI=1S/C6H16O2Si/c1-9(2,5-3-7)6-4-8/h7-8H,3-6H2,1-2H3. The van der Waals surface area contributed by atoms with Crippen molar-refractivity contribution in [1.82, 2.24) is 0 Å². The van der Waals surface area contributed by atoms with Crippen LogP contribution in [-0.4, -0.2) is 31.5 Å². The second-order valence-electron chi connectivity index (χ2n) is 3.11. The lowest BCUT2D eigenvalue weighted by Crippen LogP contribution is -2.27. The average Bonchev–Trinajstić information content (AvgIpc) is 1.64. The van der Waals surface area contributed by atoms with Gasteiger partial charge in [-0.3, -0.25) is 0 Å². The van der Waals surface area contributed by atoms with Crippen LogP contribution in [0.3, 0.4) is 0 Å². The van der Waals surface area contributed by atoms with E-state index in [1.165, 1.54) is 0 Å². The molecule has 3 heteroatoms. The molecule has 0 aromatic carbocycles. The predicted octanol–water partition coefficient (Wildman–Crippen LogP) is 0.679. The van der Waals surface area contributed by atoms with Gasteiger partial charge in [-0.15, -0.1) is 0 Å².